The number of hydrogen-bond donors (Lipinski definition) is 0. The Morgan fingerprint density at radius 1 is 1.08 bits per heavy atom. The van der Waals surface area contributed by atoms with Crippen LogP contribution in [0.5, 0.6) is 0 Å². The van der Waals surface area contributed by atoms with Crippen LogP contribution in [0.1, 0.15) is 40.5 Å². The summed E-state index contributed by atoms with van der Waals surface area (Å²) >= 11 is 0. The summed E-state index contributed by atoms with van der Waals surface area (Å²) in [5.74, 6) is 0. The molecule has 0 amide bonds. The van der Waals surface area contributed by atoms with Gasteiger partial charge in [0, 0.05) is 12.1 Å². The molecule has 0 rings (SSSR count). The standard InChI is InChI=1S/C8H18F2NSi/c1-5-7(3)11(12(9)10)8(4)6-2/h7-8H,5-6H2,1-4H3. The van der Waals surface area contributed by atoms with Crippen LogP contribution in [0.3, 0.4) is 0 Å². The van der Waals surface area contributed by atoms with Crippen LogP contribution in [-0.2, 0) is 0 Å². The molecule has 2 unspecified atom stereocenters. The summed E-state index contributed by atoms with van der Waals surface area (Å²) in [7, 11) is -3.26. The van der Waals surface area contributed by atoms with Crippen molar-refractivity contribution in [1.82, 2.24) is 4.57 Å². The normalized spacial score (nSPS) is 17.0. The van der Waals surface area contributed by atoms with Crippen molar-refractivity contribution < 1.29 is 8.22 Å². The van der Waals surface area contributed by atoms with Crippen LogP contribution in [0.4, 0.5) is 8.22 Å². The molecule has 4 heteroatoms. The highest BCUT2D eigenvalue weighted by Crippen LogP contribution is 2.14. The molecular formula is C8H18F2NSi. The Morgan fingerprint density at radius 2 is 1.42 bits per heavy atom. The predicted octanol–water partition coefficient (Wildman–Crippen LogP) is 2.81. The second-order valence-electron chi connectivity index (χ2n) is 3.16. The zero-order valence-electron chi connectivity index (χ0n) is 8.27. The molecule has 0 heterocycles. The van der Waals surface area contributed by atoms with E-state index < -0.39 is 9.63 Å². The maximum atomic E-state index is 12.6. The lowest BCUT2D eigenvalue weighted by atomic mass is 10.2. The molecule has 0 aromatic carbocycles. The zero-order valence-corrected chi connectivity index (χ0v) is 9.27. The maximum absolute atomic E-state index is 12.6. The van der Waals surface area contributed by atoms with Crippen LogP contribution in [-0.4, -0.2) is 26.3 Å². The molecule has 0 bridgehead atoms. The van der Waals surface area contributed by atoms with Crippen LogP contribution in [0.15, 0.2) is 0 Å². The van der Waals surface area contributed by atoms with Crippen molar-refractivity contribution >= 4 is 9.63 Å². The van der Waals surface area contributed by atoms with Gasteiger partial charge in [0.05, 0.1) is 0 Å². The van der Waals surface area contributed by atoms with E-state index in [1.54, 1.807) is 0 Å². The van der Waals surface area contributed by atoms with E-state index >= 15 is 0 Å². The second kappa shape index (κ2) is 5.64. The highest BCUT2D eigenvalue weighted by Gasteiger charge is 2.30. The minimum Gasteiger partial charge on any atom is -0.266 e. The molecule has 0 spiro atoms. The molecule has 73 valence electrons. The molecular weight excluding hydrogens is 176 g/mol. The van der Waals surface area contributed by atoms with Gasteiger partial charge in [0.1, 0.15) is 0 Å². The van der Waals surface area contributed by atoms with Crippen LogP contribution >= 0.6 is 0 Å². The van der Waals surface area contributed by atoms with Crippen molar-refractivity contribution in [3.05, 3.63) is 0 Å². The first-order valence-corrected chi connectivity index (χ1v) is 5.71. The van der Waals surface area contributed by atoms with E-state index in [0.717, 1.165) is 12.8 Å². The smallest absolute Gasteiger partial charge is 0.266 e. The molecule has 0 saturated heterocycles. The molecule has 12 heavy (non-hydrogen) atoms. The van der Waals surface area contributed by atoms with Gasteiger partial charge in [-0.25, -0.2) is 8.22 Å². The number of halogens is 2. The van der Waals surface area contributed by atoms with Crippen molar-refractivity contribution in [1.29, 1.82) is 0 Å². The maximum Gasteiger partial charge on any atom is 0.574 e. The lowest BCUT2D eigenvalue weighted by Gasteiger charge is -2.31. The van der Waals surface area contributed by atoms with E-state index in [9.17, 15) is 8.22 Å². The van der Waals surface area contributed by atoms with Gasteiger partial charge >= 0.3 is 9.63 Å². The van der Waals surface area contributed by atoms with E-state index in [-0.39, 0.29) is 12.1 Å². The highest BCUT2D eigenvalue weighted by atomic mass is 28.4. The SMILES string of the molecule is CCC(C)N(C(C)CC)[Si](F)F. The minimum atomic E-state index is -3.26. The van der Waals surface area contributed by atoms with Crippen LogP contribution < -0.4 is 0 Å². The molecule has 0 fully saturated rings. The van der Waals surface area contributed by atoms with Crippen molar-refractivity contribution in [2.45, 2.75) is 52.6 Å². The Kier molecular flexibility index (Phi) is 5.66. The van der Waals surface area contributed by atoms with E-state index in [0.29, 0.717) is 0 Å². The van der Waals surface area contributed by atoms with E-state index in [1.165, 1.54) is 4.57 Å². The summed E-state index contributed by atoms with van der Waals surface area (Å²) in [6.07, 6.45) is 1.60. The quantitative estimate of drug-likeness (QED) is 0.480. The minimum absolute atomic E-state index is 0.0174. The number of rotatable bonds is 5. The highest BCUT2D eigenvalue weighted by molar-refractivity contribution is 6.39. The second-order valence-corrected chi connectivity index (χ2v) is 4.16. The molecule has 0 N–H and O–H groups in total. The first kappa shape index (κ1) is 12.0. The van der Waals surface area contributed by atoms with Gasteiger partial charge < -0.3 is 0 Å². The number of nitrogens with zero attached hydrogens (tertiary/aromatic N) is 1. The molecule has 0 saturated carbocycles. The molecule has 0 aliphatic rings. The molecule has 1 radical (unpaired) electrons. The Morgan fingerprint density at radius 3 is 1.58 bits per heavy atom. The van der Waals surface area contributed by atoms with Gasteiger partial charge in [-0.2, -0.15) is 0 Å². The lowest BCUT2D eigenvalue weighted by Crippen LogP contribution is -2.46. The van der Waals surface area contributed by atoms with Crippen LogP contribution in [0, 0.1) is 0 Å². The van der Waals surface area contributed by atoms with E-state index in [2.05, 4.69) is 0 Å². The van der Waals surface area contributed by atoms with Crippen molar-refractivity contribution in [2.75, 3.05) is 0 Å². The lowest BCUT2D eigenvalue weighted by molar-refractivity contribution is 0.224. The predicted molar refractivity (Wildman–Crippen MR) is 49.3 cm³/mol. The molecule has 0 aliphatic carbocycles. The van der Waals surface area contributed by atoms with Crippen LogP contribution in [0.25, 0.3) is 0 Å². The zero-order chi connectivity index (χ0) is 9.72. The first-order valence-electron chi connectivity index (χ1n) is 4.50. The van der Waals surface area contributed by atoms with Crippen molar-refractivity contribution in [2.24, 2.45) is 0 Å². The average Bonchev–Trinajstić information content (AvgIpc) is 2.03. The number of hydrogen-bond acceptors (Lipinski definition) is 1. The molecule has 0 aromatic rings. The average molecular weight is 194 g/mol. The molecule has 0 aliphatic heterocycles. The third-order valence-electron chi connectivity index (χ3n) is 2.33. The fourth-order valence-electron chi connectivity index (χ4n) is 1.16. The van der Waals surface area contributed by atoms with E-state index in [4.69, 9.17) is 0 Å². The van der Waals surface area contributed by atoms with Crippen molar-refractivity contribution in [3.63, 3.8) is 0 Å². The third kappa shape index (κ3) is 3.19. The van der Waals surface area contributed by atoms with Gasteiger partial charge in [-0.1, -0.05) is 13.8 Å². The molecule has 1 nitrogen and oxygen atoms in total. The van der Waals surface area contributed by atoms with Crippen LogP contribution in [0.2, 0.25) is 0 Å². The van der Waals surface area contributed by atoms with Crippen molar-refractivity contribution in [3.8, 4) is 0 Å². The van der Waals surface area contributed by atoms with Gasteiger partial charge in [-0.15, -0.1) is 0 Å². The van der Waals surface area contributed by atoms with Gasteiger partial charge in [-0.3, -0.25) is 4.57 Å². The topological polar surface area (TPSA) is 3.24 Å². The summed E-state index contributed by atoms with van der Waals surface area (Å²) in [6.45, 7) is 7.64. The monoisotopic (exact) mass is 194 g/mol. The Bertz CT molecular complexity index is 112. The largest absolute Gasteiger partial charge is 0.574 e. The molecule has 0 aromatic heterocycles. The summed E-state index contributed by atoms with van der Waals surface area (Å²) in [4.78, 5) is 0. The Hall–Kier alpha value is 0.0369. The van der Waals surface area contributed by atoms with Gasteiger partial charge in [0.25, 0.3) is 0 Å². The Labute approximate surface area is 75.8 Å². The van der Waals surface area contributed by atoms with Gasteiger partial charge in [-0.05, 0) is 26.7 Å². The van der Waals surface area contributed by atoms with E-state index in [1.807, 2.05) is 27.7 Å². The van der Waals surface area contributed by atoms with Gasteiger partial charge in [0.2, 0.25) is 0 Å². The Balaban J connectivity index is 4.21. The third-order valence-corrected chi connectivity index (χ3v) is 3.60. The fourth-order valence-corrected chi connectivity index (χ4v) is 2.19. The first-order chi connectivity index (χ1) is 5.54. The van der Waals surface area contributed by atoms with Gasteiger partial charge in [0.15, 0.2) is 0 Å². The summed E-state index contributed by atoms with van der Waals surface area (Å²) < 4.78 is 26.6. The fraction of sp³-hybridized carbons (Fsp3) is 1.00. The summed E-state index contributed by atoms with van der Waals surface area (Å²) in [6, 6.07) is 0.0349. The molecule has 2 atom stereocenters. The summed E-state index contributed by atoms with van der Waals surface area (Å²) in [5, 5.41) is 0. The summed E-state index contributed by atoms with van der Waals surface area (Å²) in [5.41, 5.74) is 0.